The second-order valence-electron chi connectivity index (χ2n) is 5.69. The van der Waals surface area contributed by atoms with Crippen LogP contribution in [0.1, 0.15) is 33.3 Å². The van der Waals surface area contributed by atoms with Crippen LogP contribution in [0, 0.1) is 0 Å². The van der Waals surface area contributed by atoms with Crippen molar-refractivity contribution in [2.45, 2.75) is 45.8 Å². The first-order valence-electron chi connectivity index (χ1n) is 6.19. The molecule has 0 radical (unpaired) electrons. The summed E-state index contributed by atoms with van der Waals surface area (Å²) < 4.78 is 2.21. The Morgan fingerprint density at radius 2 is 1.67 bits per heavy atom. The van der Waals surface area contributed by atoms with Gasteiger partial charge in [-0.15, -0.1) is 0 Å². The number of benzene rings is 1. The second kappa shape index (κ2) is 7.04. The molecule has 102 valence electrons. The van der Waals surface area contributed by atoms with Crippen molar-refractivity contribution in [3.8, 4) is 0 Å². The Kier molecular flexibility index (Phi) is 6.31. The molecule has 1 atom stereocenters. The Morgan fingerprint density at radius 1 is 1.11 bits per heavy atom. The molecular weight excluding hydrogens is 356 g/mol. The maximum absolute atomic E-state index is 3.52. The molecular formula is C14H22Br2N2. The number of hydrogen-bond acceptors (Lipinski definition) is 2. The highest BCUT2D eigenvalue weighted by atomic mass is 79.9. The molecule has 1 rings (SSSR count). The van der Waals surface area contributed by atoms with Crippen molar-refractivity contribution in [1.82, 2.24) is 10.6 Å². The lowest BCUT2D eigenvalue weighted by Gasteiger charge is -2.24. The van der Waals surface area contributed by atoms with E-state index in [0.29, 0.717) is 6.04 Å². The second-order valence-corrected chi connectivity index (χ2v) is 7.52. The predicted octanol–water partition coefficient (Wildman–Crippen LogP) is 4.08. The first-order valence-corrected chi connectivity index (χ1v) is 7.78. The molecule has 18 heavy (non-hydrogen) atoms. The summed E-state index contributed by atoms with van der Waals surface area (Å²) in [4.78, 5) is 0. The predicted molar refractivity (Wildman–Crippen MR) is 85.9 cm³/mol. The van der Waals surface area contributed by atoms with E-state index in [1.807, 2.05) is 6.07 Å². The number of hydrogen-bond donors (Lipinski definition) is 2. The maximum atomic E-state index is 3.52. The molecule has 1 aromatic rings. The zero-order valence-corrected chi connectivity index (χ0v) is 14.7. The van der Waals surface area contributed by atoms with Gasteiger partial charge in [0.2, 0.25) is 0 Å². The molecule has 0 spiro atoms. The van der Waals surface area contributed by atoms with E-state index in [2.05, 4.69) is 82.3 Å². The molecule has 2 nitrogen and oxygen atoms in total. The van der Waals surface area contributed by atoms with E-state index in [-0.39, 0.29) is 5.54 Å². The number of halogens is 2. The minimum atomic E-state index is 0.175. The van der Waals surface area contributed by atoms with E-state index >= 15 is 0 Å². The minimum Gasteiger partial charge on any atom is -0.311 e. The van der Waals surface area contributed by atoms with Gasteiger partial charge in [0.15, 0.2) is 0 Å². The SMILES string of the molecule is CC(CNC(C)(C)C)NCc1cc(Br)cc(Br)c1. The lowest BCUT2D eigenvalue weighted by atomic mass is 10.1. The summed E-state index contributed by atoms with van der Waals surface area (Å²) in [6, 6.07) is 6.78. The molecule has 0 aliphatic heterocycles. The van der Waals surface area contributed by atoms with Gasteiger partial charge in [-0.25, -0.2) is 0 Å². The number of rotatable bonds is 5. The first kappa shape index (κ1) is 16.2. The Morgan fingerprint density at radius 3 is 2.17 bits per heavy atom. The molecule has 0 amide bonds. The minimum absolute atomic E-state index is 0.175. The van der Waals surface area contributed by atoms with Gasteiger partial charge in [-0.1, -0.05) is 31.9 Å². The van der Waals surface area contributed by atoms with Crippen LogP contribution in [0.3, 0.4) is 0 Å². The van der Waals surface area contributed by atoms with Gasteiger partial charge < -0.3 is 10.6 Å². The fourth-order valence-corrected chi connectivity index (χ4v) is 2.93. The van der Waals surface area contributed by atoms with Gasteiger partial charge in [0.25, 0.3) is 0 Å². The Balaban J connectivity index is 2.40. The van der Waals surface area contributed by atoms with Crippen molar-refractivity contribution in [3.05, 3.63) is 32.7 Å². The smallest absolute Gasteiger partial charge is 0.0209 e. The normalized spacial score (nSPS) is 13.7. The van der Waals surface area contributed by atoms with Crippen molar-refractivity contribution in [2.24, 2.45) is 0 Å². The Bertz CT molecular complexity index is 366. The van der Waals surface area contributed by atoms with Crippen molar-refractivity contribution >= 4 is 31.9 Å². The fourth-order valence-electron chi connectivity index (χ4n) is 1.54. The van der Waals surface area contributed by atoms with Crippen LogP contribution in [-0.4, -0.2) is 18.1 Å². The third-order valence-electron chi connectivity index (χ3n) is 2.52. The van der Waals surface area contributed by atoms with Gasteiger partial charge in [0.1, 0.15) is 0 Å². The maximum Gasteiger partial charge on any atom is 0.0209 e. The fraction of sp³-hybridized carbons (Fsp3) is 0.571. The van der Waals surface area contributed by atoms with E-state index < -0.39 is 0 Å². The molecule has 0 saturated carbocycles. The summed E-state index contributed by atoms with van der Waals surface area (Å²) in [5, 5.41) is 7.02. The van der Waals surface area contributed by atoms with Gasteiger partial charge in [0, 0.05) is 33.6 Å². The summed E-state index contributed by atoms with van der Waals surface area (Å²) in [7, 11) is 0. The summed E-state index contributed by atoms with van der Waals surface area (Å²) in [5.74, 6) is 0. The van der Waals surface area contributed by atoms with Crippen LogP contribution in [0.15, 0.2) is 27.1 Å². The lowest BCUT2D eigenvalue weighted by molar-refractivity contribution is 0.387. The largest absolute Gasteiger partial charge is 0.311 e. The highest BCUT2D eigenvalue weighted by molar-refractivity contribution is 9.11. The van der Waals surface area contributed by atoms with Crippen LogP contribution in [0.25, 0.3) is 0 Å². The molecule has 0 aliphatic rings. The summed E-state index contributed by atoms with van der Waals surface area (Å²) in [6.07, 6.45) is 0. The van der Waals surface area contributed by atoms with Crippen LogP contribution in [0.4, 0.5) is 0 Å². The van der Waals surface area contributed by atoms with Crippen molar-refractivity contribution < 1.29 is 0 Å². The van der Waals surface area contributed by atoms with E-state index in [1.54, 1.807) is 0 Å². The first-order chi connectivity index (χ1) is 8.26. The van der Waals surface area contributed by atoms with E-state index in [9.17, 15) is 0 Å². The molecule has 1 unspecified atom stereocenters. The lowest BCUT2D eigenvalue weighted by Crippen LogP contribution is -2.44. The van der Waals surface area contributed by atoms with Crippen LogP contribution >= 0.6 is 31.9 Å². The van der Waals surface area contributed by atoms with Crippen LogP contribution in [0.5, 0.6) is 0 Å². The van der Waals surface area contributed by atoms with Gasteiger partial charge in [0.05, 0.1) is 0 Å². The third-order valence-corrected chi connectivity index (χ3v) is 3.43. The quantitative estimate of drug-likeness (QED) is 0.807. The molecule has 0 saturated heterocycles. The Labute approximate surface area is 127 Å². The van der Waals surface area contributed by atoms with E-state index in [4.69, 9.17) is 0 Å². The molecule has 0 bridgehead atoms. The molecule has 2 N–H and O–H groups in total. The average molecular weight is 378 g/mol. The van der Waals surface area contributed by atoms with Crippen molar-refractivity contribution in [3.63, 3.8) is 0 Å². The zero-order valence-electron chi connectivity index (χ0n) is 11.5. The average Bonchev–Trinajstić information content (AvgIpc) is 2.21. The van der Waals surface area contributed by atoms with Gasteiger partial charge in [-0.05, 0) is 51.5 Å². The summed E-state index contributed by atoms with van der Waals surface area (Å²) in [6.45, 7) is 10.6. The molecule has 0 aromatic heterocycles. The van der Waals surface area contributed by atoms with Crippen LogP contribution in [0.2, 0.25) is 0 Å². The van der Waals surface area contributed by atoms with Crippen LogP contribution < -0.4 is 10.6 Å². The molecule has 0 fully saturated rings. The van der Waals surface area contributed by atoms with Crippen LogP contribution in [-0.2, 0) is 6.54 Å². The highest BCUT2D eigenvalue weighted by Gasteiger charge is 2.10. The van der Waals surface area contributed by atoms with Crippen molar-refractivity contribution in [1.29, 1.82) is 0 Å². The summed E-state index contributed by atoms with van der Waals surface area (Å²) >= 11 is 7.01. The van der Waals surface area contributed by atoms with Gasteiger partial charge >= 0.3 is 0 Å². The van der Waals surface area contributed by atoms with E-state index in [0.717, 1.165) is 22.0 Å². The molecule has 4 heteroatoms. The third kappa shape index (κ3) is 6.88. The molecule has 1 aromatic carbocycles. The monoisotopic (exact) mass is 376 g/mol. The zero-order chi connectivity index (χ0) is 13.8. The summed E-state index contributed by atoms with van der Waals surface area (Å²) in [5.41, 5.74) is 1.45. The standard InChI is InChI=1S/C14H22Br2N2/c1-10(8-18-14(2,3)4)17-9-11-5-12(15)7-13(16)6-11/h5-7,10,17-18H,8-9H2,1-4H3. The van der Waals surface area contributed by atoms with Gasteiger partial charge in [-0.3, -0.25) is 0 Å². The topological polar surface area (TPSA) is 24.1 Å². The molecule has 0 heterocycles. The highest BCUT2D eigenvalue weighted by Crippen LogP contribution is 2.20. The van der Waals surface area contributed by atoms with E-state index in [1.165, 1.54) is 5.56 Å². The number of nitrogens with one attached hydrogen (secondary N) is 2. The Hall–Kier alpha value is 0.1000. The molecule has 0 aliphatic carbocycles. The van der Waals surface area contributed by atoms with Crippen molar-refractivity contribution in [2.75, 3.05) is 6.54 Å². The van der Waals surface area contributed by atoms with Gasteiger partial charge in [-0.2, -0.15) is 0 Å².